The highest BCUT2D eigenvalue weighted by Gasteiger charge is 2.16. The first-order valence-electron chi connectivity index (χ1n) is 6.51. The lowest BCUT2D eigenvalue weighted by atomic mass is 9.89. The molecule has 2 nitrogen and oxygen atoms in total. The summed E-state index contributed by atoms with van der Waals surface area (Å²) in [4.78, 5) is 4.68. The van der Waals surface area contributed by atoms with Crippen LogP contribution in [0, 0.1) is 5.41 Å². The number of hydrogen-bond acceptors (Lipinski definition) is 2. The molecule has 2 heteroatoms. The molecule has 0 radical (unpaired) electrons. The van der Waals surface area contributed by atoms with E-state index in [0.717, 1.165) is 29.4 Å². The Kier molecular flexibility index (Phi) is 3.29. The van der Waals surface area contributed by atoms with Crippen molar-refractivity contribution < 1.29 is 5.11 Å². The van der Waals surface area contributed by atoms with E-state index in [1.165, 1.54) is 5.56 Å². The minimum Gasteiger partial charge on any atom is -0.506 e. The van der Waals surface area contributed by atoms with E-state index in [4.69, 9.17) is 0 Å². The number of rotatable bonds is 2. The van der Waals surface area contributed by atoms with Gasteiger partial charge in [-0.1, -0.05) is 45.9 Å². The van der Waals surface area contributed by atoms with Crippen molar-refractivity contribution in [2.24, 2.45) is 5.41 Å². The molecule has 0 unspecified atom stereocenters. The Morgan fingerprint density at radius 2 is 1.94 bits per heavy atom. The molecule has 0 aliphatic heterocycles. The topological polar surface area (TPSA) is 33.1 Å². The first-order chi connectivity index (χ1) is 8.40. The van der Waals surface area contributed by atoms with E-state index in [2.05, 4.69) is 38.7 Å². The van der Waals surface area contributed by atoms with Gasteiger partial charge in [0.25, 0.3) is 0 Å². The number of fused-ring (bicyclic) bond motifs is 1. The lowest BCUT2D eigenvalue weighted by Crippen LogP contribution is -2.11. The van der Waals surface area contributed by atoms with E-state index in [1.807, 2.05) is 18.2 Å². The SMILES string of the molecule is CCc1cccc2cc(O)c(CC(C)(C)C)nc12. The number of pyridine rings is 1. The molecule has 1 aromatic heterocycles. The predicted octanol–water partition coefficient (Wildman–Crippen LogP) is 4.09. The molecule has 0 amide bonds. The summed E-state index contributed by atoms with van der Waals surface area (Å²) in [5.41, 5.74) is 3.19. The van der Waals surface area contributed by atoms with Gasteiger partial charge in [0.15, 0.2) is 0 Å². The minimum absolute atomic E-state index is 0.124. The Bertz CT molecular complexity index is 567. The Hall–Kier alpha value is -1.57. The molecule has 96 valence electrons. The van der Waals surface area contributed by atoms with Crippen LogP contribution in [0.15, 0.2) is 24.3 Å². The normalized spacial score (nSPS) is 12.0. The third kappa shape index (κ3) is 2.63. The van der Waals surface area contributed by atoms with Crippen molar-refractivity contribution in [2.75, 3.05) is 0 Å². The average Bonchev–Trinajstić information content (AvgIpc) is 2.27. The largest absolute Gasteiger partial charge is 0.506 e. The second-order valence-corrected chi connectivity index (χ2v) is 6.03. The van der Waals surface area contributed by atoms with Crippen molar-refractivity contribution in [3.05, 3.63) is 35.5 Å². The van der Waals surface area contributed by atoms with Crippen LogP contribution in [0.4, 0.5) is 0 Å². The van der Waals surface area contributed by atoms with Crippen LogP contribution in [0.1, 0.15) is 39.0 Å². The molecule has 0 saturated heterocycles. The molecule has 0 fully saturated rings. The number of nitrogens with zero attached hydrogens (tertiary/aromatic N) is 1. The van der Waals surface area contributed by atoms with E-state index in [0.29, 0.717) is 5.75 Å². The summed E-state index contributed by atoms with van der Waals surface area (Å²) in [6.45, 7) is 8.60. The highest BCUT2D eigenvalue weighted by atomic mass is 16.3. The van der Waals surface area contributed by atoms with Crippen LogP contribution in [-0.2, 0) is 12.8 Å². The Balaban J connectivity index is 2.59. The van der Waals surface area contributed by atoms with Gasteiger partial charge in [-0.05, 0) is 29.9 Å². The molecule has 18 heavy (non-hydrogen) atoms. The van der Waals surface area contributed by atoms with Crippen molar-refractivity contribution in [1.82, 2.24) is 4.98 Å². The molecule has 0 spiro atoms. The summed E-state index contributed by atoms with van der Waals surface area (Å²) >= 11 is 0. The molecular weight excluding hydrogens is 222 g/mol. The summed E-state index contributed by atoms with van der Waals surface area (Å²) in [5, 5.41) is 11.1. The van der Waals surface area contributed by atoms with Gasteiger partial charge in [-0.3, -0.25) is 0 Å². The van der Waals surface area contributed by atoms with Crippen LogP contribution in [0.3, 0.4) is 0 Å². The lowest BCUT2D eigenvalue weighted by molar-refractivity contribution is 0.389. The Morgan fingerprint density at radius 1 is 1.22 bits per heavy atom. The molecule has 0 saturated carbocycles. The maximum Gasteiger partial charge on any atom is 0.137 e. The van der Waals surface area contributed by atoms with E-state index in [9.17, 15) is 5.11 Å². The van der Waals surface area contributed by atoms with Crippen molar-refractivity contribution >= 4 is 10.9 Å². The summed E-state index contributed by atoms with van der Waals surface area (Å²) in [5.74, 6) is 0.311. The maximum absolute atomic E-state index is 10.1. The van der Waals surface area contributed by atoms with Gasteiger partial charge in [0.05, 0.1) is 11.2 Å². The van der Waals surface area contributed by atoms with Crippen molar-refractivity contribution in [2.45, 2.75) is 40.5 Å². The summed E-state index contributed by atoms with van der Waals surface area (Å²) in [6, 6.07) is 7.96. The maximum atomic E-state index is 10.1. The fourth-order valence-electron chi connectivity index (χ4n) is 2.20. The lowest BCUT2D eigenvalue weighted by Gasteiger charge is -2.18. The zero-order valence-corrected chi connectivity index (χ0v) is 11.6. The number of hydrogen-bond donors (Lipinski definition) is 1. The number of aryl methyl sites for hydroxylation is 1. The molecule has 0 aliphatic carbocycles. The van der Waals surface area contributed by atoms with Crippen LogP contribution in [0.25, 0.3) is 10.9 Å². The van der Waals surface area contributed by atoms with Crippen LogP contribution in [0.2, 0.25) is 0 Å². The van der Waals surface area contributed by atoms with Gasteiger partial charge < -0.3 is 5.11 Å². The van der Waals surface area contributed by atoms with Crippen LogP contribution >= 0.6 is 0 Å². The fourth-order valence-corrected chi connectivity index (χ4v) is 2.20. The minimum atomic E-state index is 0.124. The first-order valence-corrected chi connectivity index (χ1v) is 6.51. The molecule has 0 aliphatic rings. The summed E-state index contributed by atoms with van der Waals surface area (Å²) in [7, 11) is 0. The van der Waals surface area contributed by atoms with Crippen LogP contribution in [-0.4, -0.2) is 10.1 Å². The van der Waals surface area contributed by atoms with Gasteiger partial charge in [0.2, 0.25) is 0 Å². The van der Waals surface area contributed by atoms with Gasteiger partial charge >= 0.3 is 0 Å². The molecule has 0 bridgehead atoms. The monoisotopic (exact) mass is 243 g/mol. The highest BCUT2D eigenvalue weighted by Crippen LogP contribution is 2.29. The average molecular weight is 243 g/mol. The first kappa shape index (κ1) is 12.9. The van der Waals surface area contributed by atoms with Crippen LogP contribution < -0.4 is 0 Å². The van der Waals surface area contributed by atoms with Gasteiger partial charge in [-0.25, -0.2) is 4.98 Å². The zero-order valence-electron chi connectivity index (χ0n) is 11.6. The van der Waals surface area contributed by atoms with Gasteiger partial charge in [0.1, 0.15) is 5.75 Å². The molecule has 1 heterocycles. The van der Waals surface area contributed by atoms with E-state index >= 15 is 0 Å². The Morgan fingerprint density at radius 3 is 2.56 bits per heavy atom. The fraction of sp³-hybridized carbons (Fsp3) is 0.438. The number of aromatic hydroxyl groups is 1. The van der Waals surface area contributed by atoms with Gasteiger partial charge in [-0.2, -0.15) is 0 Å². The Labute approximate surface area is 109 Å². The highest BCUT2D eigenvalue weighted by molar-refractivity contribution is 5.83. The summed E-state index contributed by atoms with van der Waals surface area (Å²) in [6.07, 6.45) is 1.75. The smallest absolute Gasteiger partial charge is 0.137 e. The van der Waals surface area contributed by atoms with Crippen LogP contribution in [0.5, 0.6) is 5.75 Å². The molecule has 2 rings (SSSR count). The zero-order chi connectivity index (χ0) is 13.3. The van der Waals surface area contributed by atoms with Gasteiger partial charge in [0, 0.05) is 5.39 Å². The summed E-state index contributed by atoms with van der Waals surface area (Å²) < 4.78 is 0. The molecule has 0 atom stereocenters. The second-order valence-electron chi connectivity index (χ2n) is 6.03. The second kappa shape index (κ2) is 4.60. The molecule has 2 aromatic rings. The van der Waals surface area contributed by atoms with E-state index < -0.39 is 0 Å². The molecule has 1 aromatic carbocycles. The third-order valence-corrected chi connectivity index (χ3v) is 3.06. The number of para-hydroxylation sites is 1. The van der Waals surface area contributed by atoms with E-state index in [1.54, 1.807) is 0 Å². The van der Waals surface area contributed by atoms with Crippen molar-refractivity contribution in [3.8, 4) is 5.75 Å². The quantitative estimate of drug-likeness (QED) is 0.861. The van der Waals surface area contributed by atoms with Crippen molar-refractivity contribution in [1.29, 1.82) is 0 Å². The predicted molar refractivity (Wildman–Crippen MR) is 75.9 cm³/mol. The van der Waals surface area contributed by atoms with E-state index in [-0.39, 0.29) is 5.41 Å². The number of aromatic nitrogens is 1. The number of benzene rings is 1. The molecular formula is C16H21NO. The standard InChI is InChI=1S/C16H21NO/c1-5-11-7-6-8-12-9-14(18)13(17-15(11)12)10-16(2,3)4/h6-9,18H,5,10H2,1-4H3. The van der Waals surface area contributed by atoms with Crippen molar-refractivity contribution in [3.63, 3.8) is 0 Å². The third-order valence-electron chi connectivity index (χ3n) is 3.06. The van der Waals surface area contributed by atoms with Gasteiger partial charge in [-0.15, -0.1) is 0 Å². The molecule has 1 N–H and O–H groups in total.